The van der Waals surface area contributed by atoms with Gasteiger partial charge in [0, 0.05) is 0 Å². The molecule has 39 heavy (non-hydrogen) atoms. The number of carbonyl (C=O) groups is 4. The van der Waals surface area contributed by atoms with Crippen molar-refractivity contribution in [3.63, 3.8) is 0 Å². The van der Waals surface area contributed by atoms with Crippen LogP contribution in [0, 0.1) is 0 Å². The largest absolute Gasteiger partial charge is 0.495 e. The van der Waals surface area contributed by atoms with Crippen molar-refractivity contribution in [2.24, 2.45) is 0 Å². The molecule has 1 aliphatic rings. The molecule has 0 unspecified atom stereocenters. The fraction of sp³-hybridized carbons (Fsp3) is 0.111. The number of anilines is 1. The van der Waals surface area contributed by atoms with Gasteiger partial charge in [-0.15, -0.1) is 0 Å². The lowest BCUT2D eigenvalue weighted by atomic mass is 10.1. The number of methoxy groups -OCH3 is 1. The number of halogens is 2. The summed E-state index contributed by atoms with van der Waals surface area (Å²) >= 11 is 6.92. The van der Waals surface area contributed by atoms with E-state index in [4.69, 9.17) is 14.6 Å². The Morgan fingerprint density at radius 1 is 1.05 bits per heavy atom. The number of amides is 4. The molecular formula is C27H21Br2N3O7. The van der Waals surface area contributed by atoms with Crippen LogP contribution in [0.1, 0.15) is 21.5 Å². The first kappa shape index (κ1) is 27.9. The van der Waals surface area contributed by atoms with Gasteiger partial charge in [-0.3, -0.25) is 9.59 Å². The van der Waals surface area contributed by atoms with Crippen LogP contribution in [-0.2, 0) is 16.2 Å². The highest BCUT2D eigenvalue weighted by Crippen LogP contribution is 2.36. The van der Waals surface area contributed by atoms with Crippen LogP contribution in [0.2, 0.25) is 0 Å². The Bertz CT molecular complexity index is 1470. The van der Waals surface area contributed by atoms with E-state index < -0.39 is 30.4 Å². The quantitative estimate of drug-likeness (QED) is 0.217. The fourth-order valence-electron chi connectivity index (χ4n) is 3.66. The summed E-state index contributed by atoms with van der Waals surface area (Å²) in [6.45, 7) is -0.286. The molecular weight excluding hydrogens is 638 g/mol. The Morgan fingerprint density at radius 3 is 2.36 bits per heavy atom. The normalized spacial score (nSPS) is 13.8. The first-order valence-electron chi connectivity index (χ1n) is 11.4. The average Bonchev–Trinajstić information content (AvgIpc) is 3.15. The number of benzene rings is 3. The number of nitrogens with zero attached hydrogens (tertiary/aromatic N) is 1. The van der Waals surface area contributed by atoms with Gasteiger partial charge in [0.15, 0.2) is 0 Å². The standard InChI is InChI=1S/C27H21Br2N3O7/c1-38-22-5-3-2-4-20(22)30-23(33)13-32-25(34)21(31-27(32)37)12-16-10-18(28)24(19(29)11-16)39-14-15-6-8-17(9-7-15)26(35)36/h2-12H,13-14H2,1H3,(H,30,33)(H,31,37)(H,35,36)/b21-12+. The first-order valence-corrected chi connectivity index (χ1v) is 13.0. The molecule has 1 aliphatic heterocycles. The lowest BCUT2D eigenvalue weighted by Crippen LogP contribution is -2.38. The van der Waals surface area contributed by atoms with Gasteiger partial charge in [-0.2, -0.15) is 0 Å². The third-order valence-corrected chi connectivity index (χ3v) is 6.74. The number of nitrogens with one attached hydrogen (secondary N) is 2. The van der Waals surface area contributed by atoms with Crippen LogP contribution in [-0.4, -0.2) is 47.5 Å². The summed E-state index contributed by atoms with van der Waals surface area (Å²) < 4.78 is 12.2. The van der Waals surface area contributed by atoms with Crippen LogP contribution in [0.5, 0.6) is 11.5 Å². The summed E-state index contributed by atoms with van der Waals surface area (Å²) in [6, 6.07) is 15.8. The molecule has 0 atom stereocenters. The highest BCUT2D eigenvalue weighted by atomic mass is 79.9. The van der Waals surface area contributed by atoms with E-state index in [-0.39, 0.29) is 17.9 Å². The zero-order chi connectivity index (χ0) is 28.1. The van der Waals surface area contributed by atoms with E-state index in [0.717, 1.165) is 10.5 Å². The number of imide groups is 1. The number of aromatic carboxylic acids is 1. The topological polar surface area (TPSA) is 134 Å². The predicted molar refractivity (Wildman–Crippen MR) is 149 cm³/mol. The molecule has 0 radical (unpaired) electrons. The van der Waals surface area contributed by atoms with Crippen molar-refractivity contribution in [2.75, 3.05) is 19.0 Å². The van der Waals surface area contributed by atoms with Crippen molar-refractivity contribution in [3.8, 4) is 11.5 Å². The molecule has 3 aromatic carbocycles. The van der Waals surface area contributed by atoms with Crippen LogP contribution >= 0.6 is 31.9 Å². The average molecular weight is 659 g/mol. The second-order valence-electron chi connectivity index (χ2n) is 8.23. The van der Waals surface area contributed by atoms with Crippen LogP contribution in [0.25, 0.3) is 6.08 Å². The lowest BCUT2D eigenvalue weighted by molar-refractivity contribution is -0.127. The van der Waals surface area contributed by atoms with Crippen LogP contribution in [0.15, 0.2) is 75.3 Å². The number of hydrogen-bond donors (Lipinski definition) is 3. The number of urea groups is 1. The molecule has 0 spiro atoms. The zero-order valence-electron chi connectivity index (χ0n) is 20.4. The van der Waals surface area contributed by atoms with Gasteiger partial charge < -0.3 is 25.2 Å². The van der Waals surface area contributed by atoms with Crippen molar-refractivity contribution in [1.29, 1.82) is 0 Å². The Hall–Kier alpha value is -4.16. The van der Waals surface area contributed by atoms with Gasteiger partial charge in [0.25, 0.3) is 5.91 Å². The monoisotopic (exact) mass is 657 g/mol. The Morgan fingerprint density at radius 2 is 1.72 bits per heavy atom. The van der Waals surface area contributed by atoms with E-state index in [2.05, 4.69) is 42.5 Å². The Kier molecular flexibility index (Phi) is 8.67. The second-order valence-corrected chi connectivity index (χ2v) is 9.94. The number of hydrogen-bond acceptors (Lipinski definition) is 6. The van der Waals surface area contributed by atoms with Crippen molar-refractivity contribution in [1.82, 2.24) is 10.2 Å². The van der Waals surface area contributed by atoms with Crippen LogP contribution in [0.4, 0.5) is 10.5 Å². The minimum atomic E-state index is -1.01. The summed E-state index contributed by atoms with van der Waals surface area (Å²) in [5.74, 6) is -1.27. The molecule has 3 aromatic rings. The number of carboxylic acids is 1. The molecule has 200 valence electrons. The molecule has 1 fully saturated rings. The van der Waals surface area contributed by atoms with E-state index in [1.807, 2.05) is 0 Å². The van der Waals surface area contributed by atoms with E-state index in [9.17, 15) is 19.2 Å². The van der Waals surface area contributed by atoms with E-state index in [0.29, 0.717) is 31.7 Å². The van der Waals surface area contributed by atoms with Crippen molar-refractivity contribution >= 4 is 67.4 Å². The van der Waals surface area contributed by atoms with Gasteiger partial charge in [0.1, 0.15) is 30.3 Å². The molecule has 10 nitrogen and oxygen atoms in total. The molecule has 12 heteroatoms. The molecule has 0 aliphatic carbocycles. The highest BCUT2D eigenvalue weighted by Gasteiger charge is 2.35. The number of para-hydroxylation sites is 2. The SMILES string of the molecule is COc1ccccc1NC(=O)CN1C(=O)N/C(=C/c2cc(Br)c(OCc3ccc(C(=O)O)cc3)c(Br)c2)C1=O. The van der Waals surface area contributed by atoms with Crippen molar-refractivity contribution in [2.45, 2.75) is 6.61 Å². The van der Waals surface area contributed by atoms with Gasteiger partial charge in [0.2, 0.25) is 5.91 Å². The minimum Gasteiger partial charge on any atom is -0.495 e. The number of rotatable bonds is 9. The molecule has 0 aromatic heterocycles. The van der Waals surface area contributed by atoms with Crippen LogP contribution < -0.4 is 20.1 Å². The van der Waals surface area contributed by atoms with Crippen molar-refractivity contribution < 1.29 is 33.8 Å². The van der Waals surface area contributed by atoms with E-state index in [1.165, 1.54) is 25.3 Å². The van der Waals surface area contributed by atoms with Gasteiger partial charge in [-0.05, 0) is 85.5 Å². The second kappa shape index (κ2) is 12.1. The van der Waals surface area contributed by atoms with Crippen LogP contribution in [0.3, 0.4) is 0 Å². The summed E-state index contributed by atoms with van der Waals surface area (Å²) in [5, 5.41) is 14.2. The molecule has 1 saturated heterocycles. The summed E-state index contributed by atoms with van der Waals surface area (Å²) in [6.07, 6.45) is 1.49. The Labute approximate surface area is 239 Å². The number of ether oxygens (including phenoxy) is 2. The molecule has 4 rings (SSSR count). The third-order valence-electron chi connectivity index (χ3n) is 5.56. The molecule has 1 heterocycles. The fourth-order valence-corrected chi connectivity index (χ4v) is 5.11. The molecule has 0 saturated carbocycles. The smallest absolute Gasteiger partial charge is 0.335 e. The third kappa shape index (κ3) is 6.65. The first-order chi connectivity index (χ1) is 18.7. The maximum Gasteiger partial charge on any atom is 0.335 e. The van der Waals surface area contributed by atoms with Gasteiger partial charge in [0.05, 0.1) is 27.3 Å². The minimum absolute atomic E-state index is 0.0103. The summed E-state index contributed by atoms with van der Waals surface area (Å²) in [7, 11) is 1.47. The van der Waals surface area contributed by atoms with Crippen molar-refractivity contribution in [3.05, 3.63) is 92.0 Å². The molecule has 3 N–H and O–H groups in total. The van der Waals surface area contributed by atoms with Gasteiger partial charge >= 0.3 is 12.0 Å². The van der Waals surface area contributed by atoms with Gasteiger partial charge in [-0.1, -0.05) is 24.3 Å². The van der Waals surface area contributed by atoms with E-state index >= 15 is 0 Å². The lowest BCUT2D eigenvalue weighted by Gasteiger charge is -2.13. The predicted octanol–water partition coefficient (Wildman–Crippen LogP) is 5.03. The summed E-state index contributed by atoms with van der Waals surface area (Å²) in [4.78, 5) is 49.7. The van der Waals surface area contributed by atoms with E-state index in [1.54, 1.807) is 48.5 Å². The molecule has 4 amide bonds. The molecule has 0 bridgehead atoms. The number of carbonyl (C=O) groups excluding carboxylic acids is 3. The zero-order valence-corrected chi connectivity index (χ0v) is 23.5. The maximum absolute atomic E-state index is 12.9. The Balaban J connectivity index is 1.43. The summed E-state index contributed by atoms with van der Waals surface area (Å²) in [5.41, 5.74) is 1.97. The highest BCUT2D eigenvalue weighted by molar-refractivity contribution is 9.11. The maximum atomic E-state index is 12.9. The number of carboxylic acid groups (broad SMARTS) is 1. The van der Waals surface area contributed by atoms with Gasteiger partial charge in [-0.25, -0.2) is 14.5 Å².